The van der Waals surface area contributed by atoms with Crippen molar-refractivity contribution in [2.45, 2.75) is 220 Å². The number of carbonyl (C=O) groups excluding carboxylic acids is 6. The molecule has 0 aromatic rings. The summed E-state index contributed by atoms with van der Waals surface area (Å²) in [5, 5.41) is 2.72. The maximum Gasteiger partial charge on any atom is 0.324 e. The highest BCUT2D eigenvalue weighted by atomic mass is 16.6. The summed E-state index contributed by atoms with van der Waals surface area (Å²) in [6.07, 6.45) is 21.1. The van der Waals surface area contributed by atoms with Crippen molar-refractivity contribution in [2.75, 3.05) is 46.9 Å². The summed E-state index contributed by atoms with van der Waals surface area (Å²) in [5.41, 5.74) is 0. The van der Waals surface area contributed by atoms with Crippen molar-refractivity contribution in [1.29, 1.82) is 0 Å². The van der Waals surface area contributed by atoms with Crippen LogP contribution in [0, 0.1) is 5.92 Å². The summed E-state index contributed by atoms with van der Waals surface area (Å²) >= 11 is 0. The van der Waals surface area contributed by atoms with E-state index >= 15 is 0 Å². The zero-order chi connectivity index (χ0) is 45.5. The summed E-state index contributed by atoms with van der Waals surface area (Å²) in [4.78, 5) is 80.2. The molecule has 0 heterocycles. The monoisotopic (exact) mass is 868 g/mol. The molecule has 2 atom stereocenters. The van der Waals surface area contributed by atoms with Gasteiger partial charge < -0.3 is 29.2 Å². The lowest BCUT2D eigenvalue weighted by molar-refractivity contribution is -0.151. The minimum Gasteiger partial charge on any atom is -0.466 e. The van der Waals surface area contributed by atoms with Gasteiger partial charge in [-0.3, -0.25) is 28.9 Å². The normalized spacial score (nSPS) is 12.7. The predicted octanol–water partition coefficient (Wildman–Crippen LogP) is 10.2. The van der Waals surface area contributed by atoms with Crippen molar-refractivity contribution in [3.05, 3.63) is 0 Å². The number of urea groups is 1. The minimum absolute atomic E-state index is 0.0449. The zero-order valence-corrected chi connectivity index (χ0v) is 39.8. The maximum atomic E-state index is 13.8. The van der Waals surface area contributed by atoms with Crippen LogP contribution in [0.4, 0.5) is 4.79 Å². The van der Waals surface area contributed by atoms with Crippen LogP contribution in [0.2, 0.25) is 0 Å². The van der Waals surface area contributed by atoms with Crippen molar-refractivity contribution >= 4 is 35.8 Å². The van der Waals surface area contributed by atoms with Crippen molar-refractivity contribution in [2.24, 2.45) is 5.92 Å². The van der Waals surface area contributed by atoms with E-state index in [1.165, 1.54) is 56.3 Å². The van der Waals surface area contributed by atoms with Crippen LogP contribution in [-0.4, -0.2) is 105 Å². The third-order valence-corrected chi connectivity index (χ3v) is 10.9. The smallest absolute Gasteiger partial charge is 0.324 e. The molecule has 356 valence electrons. The summed E-state index contributed by atoms with van der Waals surface area (Å²) in [5.74, 6) is -2.50. The van der Waals surface area contributed by atoms with E-state index in [1.807, 2.05) is 32.8 Å². The maximum absolute atomic E-state index is 13.8. The van der Waals surface area contributed by atoms with E-state index in [-0.39, 0.29) is 82.4 Å². The Kier molecular flexibility index (Phi) is 37.5. The summed E-state index contributed by atoms with van der Waals surface area (Å²) < 4.78 is 22.3. The Bertz CT molecular complexity index is 1100. The Morgan fingerprint density at radius 2 is 0.885 bits per heavy atom. The number of hydrogen-bond donors (Lipinski definition) is 1. The third-order valence-electron chi connectivity index (χ3n) is 10.9. The number of rotatable bonds is 40. The van der Waals surface area contributed by atoms with Gasteiger partial charge in [-0.15, -0.1) is 0 Å². The molecule has 0 aliphatic rings. The molecule has 13 heteroatoms. The number of ether oxygens (including phenoxy) is 4. The number of unbranched alkanes of at least 4 members (excludes halogenated alkanes) is 12. The van der Waals surface area contributed by atoms with Crippen LogP contribution in [-0.2, 0) is 42.9 Å². The van der Waals surface area contributed by atoms with Gasteiger partial charge in [-0.1, -0.05) is 91.9 Å². The molecule has 0 bridgehead atoms. The molecule has 0 saturated carbocycles. The lowest BCUT2D eigenvalue weighted by Crippen LogP contribution is -2.47. The Morgan fingerprint density at radius 1 is 0.475 bits per heavy atom. The van der Waals surface area contributed by atoms with Crippen LogP contribution >= 0.6 is 0 Å². The van der Waals surface area contributed by atoms with Crippen molar-refractivity contribution < 1.29 is 47.7 Å². The molecule has 13 nitrogen and oxygen atoms in total. The molecule has 3 amide bonds. The molecule has 1 N–H and O–H groups in total. The average molecular weight is 868 g/mol. The number of hydrogen-bond acceptors (Lipinski definition) is 11. The van der Waals surface area contributed by atoms with Crippen molar-refractivity contribution in [3.8, 4) is 0 Å². The lowest BCUT2D eigenvalue weighted by atomic mass is 10.00. The molecule has 0 spiro atoms. The Hall–Kier alpha value is -3.22. The van der Waals surface area contributed by atoms with Gasteiger partial charge in [-0.05, 0) is 111 Å². The quantitative estimate of drug-likeness (QED) is 0.0355. The molecule has 0 aromatic heterocycles. The van der Waals surface area contributed by atoms with E-state index in [0.29, 0.717) is 45.2 Å². The van der Waals surface area contributed by atoms with Gasteiger partial charge in [0.05, 0.1) is 13.2 Å². The fraction of sp³-hybridized carbons (Fsp3) is 0.875. The van der Waals surface area contributed by atoms with E-state index < -0.39 is 29.8 Å². The van der Waals surface area contributed by atoms with Crippen molar-refractivity contribution in [1.82, 2.24) is 15.1 Å². The van der Waals surface area contributed by atoms with Crippen molar-refractivity contribution in [3.63, 3.8) is 0 Å². The predicted molar refractivity (Wildman–Crippen MR) is 242 cm³/mol. The molecule has 0 aliphatic carbocycles. The molecular weight excluding hydrogens is 779 g/mol. The molecule has 61 heavy (non-hydrogen) atoms. The molecule has 0 radical (unpaired) electrons. The highest BCUT2D eigenvalue weighted by Gasteiger charge is 2.29. The van der Waals surface area contributed by atoms with Gasteiger partial charge in [0, 0.05) is 44.7 Å². The van der Waals surface area contributed by atoms with Crippen LogP contribution in [0.15, 0.2) is 0 Å². The molecule has 0 fully saturated rings. The molecular formula is C48H89N3O10. The fourth-order valence-corrected chi connectivity index (χ4v) is 7.05. The van der Waals surface area contributed by atoms with Crippen LogP contribution in [0.5, 0.6) is 0 Å². The number of amides is 3. The topological polar surface area (TPSA) is 158 Å². The van der Waals surface area contributed by atoms with Gasteiger partial charge in [0.25, 0.3) is 0 Å². The summed E-state index contributed by atoms with van der Waals surface area (Å²) in [7, 11) is 3.83. The number of nitrogens with zero attached hydrogens (tertiary/aromatic N) is 2. The van der Waals surface area contributed by atoms with Crippen LogP contribution in [0.3, 0.4) is 0 Å². The van der Waals surface area contributed by atoms with Crippen LogP contribution in [0.1, 0.15) is 208 Å². The Labute approximate surface area is 370 Å². The zero-order valence-electron chi connectivity index (χ0n) is 39.8. The third kappa shape index (κ3) is 33.1. The van der Waals surface area contributed by atoms with E-state index in [2.05, 4.69) is 19.2 Å². The number of esters is 4. The number of carbonyl (C=O) groups is 6. The highest BCUT2D eigenvalue weighted by Crippen LogP contribution is 2.18. The molecule has 0 aliphatic heterocycles. The van der Waals surface area contributed by atoms with E-state index in [1.54, 1.807) is 6.92 Å². The van der Waals surface area contributed by atoms with Crippen LogP contribution in [0.25, 0.3) is 0 Å². The second-order valence-electron chi connectivity index (χ2n) is 16.8. The largest absolute Gasteiger partial charge is 0.466 e. The van der Waals surface area contributed by atoms with E-state index in [0.717, 1.165) is 51.4 Å². The van der Waals surface area contributed by atoms with E-state index in [4.69, 9.17) is 18.9 Å². The standard InChI is InChI=1S/C48H89N3O10/c1-8-13-15-17-19-21-28-41(10-3)60-45(54)32-25-23-30-43(52)58-38-34-40(47(56)51(48(57)49-12-5)37-27-36-50(6)7)35-39-59-44(53)31-24-26-33-46(55)61-42(11-4)29-22-20-18-16-14-9-2/h40-42H,8-39H2,1-7H3,(H,49,57). The van der Waals surface area contributed by atoms with Crippen LogP contribution < -0.4 is 5.32 Å². The number of imide groups is 1. The molecule has 0 aromatic carbocycles. The van der Waals surface area contributed by atoms with Gasteiger partial charge in [-0.25, -0.2) is 4.79 Å². The average Bonchev–Trinajstić information content (AvgIpc) is 3.23. The molecule has 2 unspecified atom stereocenters. The summed E-state index contributed by atoms with van der Waals surface area (Å²) in [6, 6.07) is -0.498. The second kappa shape index (κ2) is 39.6. The first-order valence-corrected chi connectivity index (χ1v) is 24.4. The van der Waals surface area contributed by atoms with E-state index in [9.17, 15) is 28.8 Å². The SMILES string of the molecule is CCCCCCCCC(CC)OC(=O)CCCCC(=O)OCCC(CCOC(=O)CCCCC(=O)OC(CC)CCCCCCCC)C(=O)N(CCCN(C)C)C(=O)NCC. The highest BCUT2D eigenvalue weighted by molar-refractivity contribution is 5.95. The Balaban J connectivity index is 4.97. The first-order valence-electron chi connectivity index (χ1n) is 24.4. The second-order valence-corrected chi connectivity index (χ2v) is 16.8. The Morgan fingerprint density at radius 3 is 1.28 bits per heavy atom. The van der Waals surface area contributed by atoms with Gasteiger partial charge in [-0.2, -0.15) is 0 Å². The summed E-state index contributed by atoms with van der Waals surface area (Å²) in [6.45, 7) is 11.4. The van der Waals surface area contributed by atoms with Gasteiger partial charge >= 0.3 is 29.9 Å². The first-order chi connectivity index (χ1) is 29.4. The first kappa shape index (κ1) is 57.8. The van der Waals surface area contributed by atoms with Gasteiger partial charge in [0.2, 0.25) is 5.91 Å². The lowest BCUT2D eigenvalue weighted by Gasteiger charge is -2.26. The molecule has 0 rings (SSSR count). The van der Waals surface area contributed by atoms with Gasteiger partial charge in [0.1, 0.15) is 12.2 Å². The molecule has 0 saturated heterocycles. The van der Waals surface area contributed by atoms with Gasteiger partial charge in [0.15, 0.2) is 0 Å². The number of nitrogens with one attached hydrogen (secondary N) is 1. The minimum atomic E-state index is -0.738. The fourth-order valence-electron chi connectivity index (χ4n) is 7.05.